The van der Waals surface area contributed by atoms with Crippen molar-refractivity contribution in [2.45, 2.75) is 13.0 Å². The first-order chi connectivity index (χ1) is 6.40. The number of nitrogens with zero attached hydrogens (tertiary/aromatic N) is 1. The van der Waals surface area contributed by atoms with E-state index in [0.717, 1.165) is 12.1 Å². The predicted octanol–water partition coefficient (Wildman–Crippen LogP) is 2.03. The molecule has 0 bridgehead atoms. The third-order valence-corrected chi connectivity index (χ3v) is 1.24. The van der Waals surface area contributed by atoms with Crippen LogP contribution in [-0.2, 0) is 6.67 Å². The molecule has 0 amide bonds. The largest absolute Gasteiger partial charge is 0.573 e. The fourth-order valence-electron chi connectivity index (χ4n) is 0.843. The van der Waals surface area contributed by atoms with Gasteiger partial charge in [0, 0.05) is 12.1 Å². The van der Waals surface area contributed by atoms with Gasteiger partial charge >= 0.3 is 6.36 Å². The zero-order valence-corrected chi connectivity index (χ0v) is 6.81. The lowest BCUT2D eigenvalue weighted by Crippen LogP contribution is -2.17. The van der Waals surface area contributed by atoms with E-state index in [0.29, 0.717) is 0 Å². The van der Waals surface area contributed by atoms with E-state index in [2.05, 4.69) is 9.72 Å². The van der Waals surface area contributed by atoms with Crippen LogP contribution in [0.15, 0.2) is 12.1 Å². The van der Waals surface area contributed by atoms with E-state index >= 15 is 0 Å². The molecule has 2 N–H and O–H groups in total. The molecule has 78 valence electrons. The molecule has 0 aliphatic heterocycles. The first kappa shape index (κ1) is 10.6. The average molecular weight is 210 g/mol. The number of hydrogen-bond donors (Lipinski definition) is 1. The average Bonchev–Trinajstić information content (AvgIpc) is 1.99. The van der Waals surface area contributed by atoms with Gasteiger partial charge in [0.25, 0.3) is 0 Å². The zero-order valence-electron chi connectivity index (χ0n) is 6.81. The Kier molecular flexibility index (Phi) is 2.78. The van der Waals surface area contributed by atoms with Crippen LogP contribution < -0.4 is 10.5 Å². The van der Waals surface area contributed by atoms with Gasteiger partial charge < -0.3 is 10.5 Å². The summed E-state index contributed by atoms with van der Waals surface area (Å²) < 4.78 is 50.8. The molecule has 0 unspecified atom stereocenters. The number of aromatic nitrogens is 1. The SMILES string of the molecule is Nc1cc(OC(F)(F)F)cc(CF)n1. The molecule has 7 heteroatoms. The van der Waals surface area contributed by atoms with E-state index in [9.17, 15) is 17.6 Å². The van der Waals surface area contributed by atoms with Gasteiger partial charge in [-0.25, -0.2) is 9.37 Å². The molecule has 0 saturated carbocycles. The van der Waals surface area contributed by atoms with Crippen LogP contribution >= 0.6 is 0 Å². The maximum atomic E-state index is 12.1. The van der Waals surface area contributed by atoms with E-state index in [1.165, 1.54) is 0 Å². The molecule has 14 heavy (non-hydrogen) atoms. The highest BCUT2D eigenvalue weighted by molar-refractivity contribution is 5.38. The Morgan fingerprint density at radius 1 is 1.36 bits per heavy atom. The van der Waals surface area contributed by atoms with Crippen LogP contribution in [0.3, 0.4) is 0 Å². The summed E-state index contributed by atoms with van der Waals surface area (Å²) in [7, 11) is 0. The smallest absolute Gasteiger partial charge is 0.406 e. The third-order valence-electron chi connectivity index (χ3n) is 1.24. The maximum absolute atomic E-state index is 12.1. The molecular formula is C7H6F4N2O. The zero-order chi connectivity index (χ0) is 10.8. The van der Waals surface area contributed by atoms with Crippen molar-refractivity contribution in [2.24, 2.45) is 0 Å². The summed E-state index contributed by atoms with van der Waals surface area (Å²) in [6.45, 7) is -1.00. The summed E-state index contributed by atoms with van der Waals surface area (Å²) in [6, 6.07) is 1.70. The number of pyridine rings is 1. The van der Waals surface area contributed by atoms with Crippen molar-refractivity contribution >= 4 is 5.82 Å². The first-order valence-corrected chi connectivity index (χ1v) is 3.49. The fourth-order valence-corrected chi connectivity index (χ4v) is 0.843. The van der Waals surface area contributed by atoms with Crippen molar-refractivity contribution in [3.8, 4) is 5.75 Å². The summed E-state index contributed by atoms with van der Waals surface area (Å²) in [6.07, 6.45) is -4.82. The molecule has 0 saturated heterocycles. The Morgan fingerprint density at radius 2 is 2.00 bits per heavy atom. The predicted molar refractivity (Wildman–Crippen MR) is 40.1 cm³/mol. The van der Waals surface area contributed by atoms with Crippen molar-refractivity contribution in [3.05, 3.63) is 17.8 Å². The molecule has 1 heterocycles. The number of nitrogens with two attached hydrogens (primary N) is 1. The van der Waals surface area contributed by atoms with E-state index in [1.807, 2.05) is 0 Å². The number of nitrogen functional groups attached to an aromatic ring is 1. The Balaban J connectivity index is 2.92. The molecule has 0 aromatic carbocycles. The molecule has 3 nitrogen and oxygen atoms in total. The van der Waals surface area contributed by atoms with E-state index in [1.54, 1.807) is 0 Å². The van der Waals surface area contributed by atoms with Crippen molar-refractivity contribution < 1.29 is 22.3 Å². The van der Waals surface area contributed by atoms with Crippen molar-refractivity contribution in [3.63, 3.8) is 0 Å². The van der Waals surface area contributed by atoms with Gasteiger partial charge in [0.2, 0.25) is 0 Å². The van der Waals surface area contributed by atoms with E-state index < -0.39 is 18.8 Å². The fraction of sp³-hybridized carbons (Fsp3) is 0.286. The van der Waals surface area contributed by atoms with Gasteiger partial charge in [-0.05, 0) is 0 Å². The molecule has 0 radical (unpaired) electrons. The molecule has 0 fully saturated rings. The molecule has 0 aliphatic carbocycles. The van der Waals surface area contributed by atoms with Crippen LogP contribution in [0.1, 0.15) is 5.69 Å². The molecule has 0 spiro atoms. The number of halogens is 4. The van der Waals surface area contributed by atoms with Gasteiger partial charge in [0.15, 0.2) is 0 Å². The lowest BCUT2D eigenvalue weighted by atomic mass is 10.3. The number of ether oxygens (including phenoxy) is 1. The summed E-state index contributed by atoms with van der Waals surface area (Å²) in [5, 5.41) is 0. The Labute approximate surface area is 76.5 Å². The van der Waals surface area contributed by atoms with Gasteiger partial charge in [0.1, 0.15) is 18.2 Å². The second kappa shape index (κ2) is 3.69. The highest BCUT2D eigenvalue weighted by Crippen LogP contribution is 2.24. The Morgan fingerprint density at radius 3 is 2.50 bits per heavy atom. The van der Waals surface area contributed by atoms with Crippen LogP contribution in [-0.4, -0.2) is 11.3 Å². The Bertz CT molecular complexity index is 326. The molecule has 0 aliphatic rings. The van der Waals surface area contributed by atoms with E-state index in [4.69, 9.17) is 5.73 Å². The topological polar surface area (TPSA) is 48.1 Å². The summed E-state index contributed by atoms with van der Waals surface area (Å²) >= 11 is 0. The van der Waals surface area contributed by atoms with Gasteiger partial charge in [-0.3, -0.25) is 0 Å². The van der Waals surface area contributed by atoms with Crippen LogP contribution in [0.2, 0.25) is 0 Å². The van der Waals surface area contributed by atoms with Gasteiger partial charge in [-0.2, -0.15) is 0 Å². The van der Waals surface area contributed by atoms with Gasteiger partial charge in [-0.1, -0.05) is 0 Å². The minimum Gasteiger partial charge on any atom is -0.406 e. The molecular weight excluding hydrogens is 204 g/mol. The monoisotopic (exact) mass is 210 g/mol. The standard InChI is InChI=1S/C7H6F4N2O/c8-3-4-1-5(2-6(12)13-4)14-7(9,10)11/h1-2H,3H2,(H2,12,13). The second-order valence-corrected chi connectivity index (χ2v) is 2.40. The van der Waals surface area contributed by atoms with Crippen molar-refractivity contribution in [2.75, 3.05) is 5.73 Å². The highest BCUT2D eigenvalue weighted by Gasteiger charge is 2.31. The van der Waals surface area contributed by atoms with Gasteiger partial charge in [0.05, 0.1) is 5.69 Å². The number of anilines is 1. The molecule has 0 atom stereocenters. The van der Waals surface area contributed by atoms with Crippen LogP contribution in [0.25, 0.3) is 0 Å². The molecule has 1 aromatic rings. The lowest BCUT2D eigenvalue weighted by molar-refractivity contribution is -0.274. The lowest BCUT2D eigenvalue weighted by Gasteiger charge is -2.09. The second-order valence-electron chi connectivity index (χ2n) is 2.40. The quantitative estimate of drug-likeness (QED) is 0.759. The van der Waals surface area contributed by atoms with Crippen molar-refractivity contribution in [1.82, 2.24) is 4.98 Å². The number of rotatable bonds is 2. The van der Waals surface area contributed by atoms with Crippen molar-refractivity contribution in [1.29, 1.82) is 0 Å². The van der Waals surface area contributed by atoms with E-state index in [-0.39, 0.29) is 11.5 Å². The number of alkyl halides is 4. The normalized spacial score (nSPS) is 11.4. The van der Waals surface area contributed by atoms with Crippen LogP contribution in [0.5, 0.6) is 5.75 Å². The van der Waals surface area contributed by atoms with Gasteiger partial charge in [-0.15, -0.1) is 13.2 Å². The highest BCUT2D eigenvalue weighted by atomic mass is 19.4. The third kappa shape index (κ3) is 3.08. The Hall–Kier alpha value is -1.53. The molecule has 1 rings (SSSR count). The van der Waals surface area contributed by atoms with Crippen LogP contribution in [0.4, 0.5) is 23.4 Å². The van der Waals surface area contributed by atoms with Crippen LogP contribution in [0, 0.1) is 0 Å². The summed E-state index contributed by atoms with van der Waals surface area (Å²) in [4.78, 5) is 3.44. The summed E-state index contributed by atoms with van der Waals surface area (Å²) in [5.74, 6) is -0.794. The minimum atomic E-state index is -4.82. The maximum Gasteiger partial charge on any atom is 0.573 e. The molecule has 1 aromatic heterocycles. The summed E-state index contributed by atoms with van der Waals surface area (Å²) in [5.41, 5.74) is 4.92. The minimum absolute atomic E-state index is 0.204. The first-order valence-electron chi connectivity index (χ1n) is 3.49. The number of hydrogen-bond acceptors (Lipinski definition) is 3.